The molecule has 0 aliphatic heterocycles. The molecule has 0 N–H and O–H groups in total. The van der Waals surface area contributed by atoms with E-state index in [-0.39, 0.29) is 0 Å². The smallest absolute Gasteiger partial charge is 0.0227 e. The molecule has 2 aromatic rings. The van der Waals surface area contributed by atoms with E-state index in [2.05, 4.69) is 98.8 Å². The third-order valence-electron chi connectivity index (χ3n) is 3.26. The fraction of sp³-hybridized carbons (Fsp3) is 0.100. The summed E-state index contributed by atoms with van der Waals surface area (Å²) in [6.07, 6.45) is 12.5. The van der Waals surface area contributed by atoms with Crippen molar-refractivity contribution < 1.29 is 0 Å². The second kappa shape index (κ2) is 7.30. The van der Waals surface area contributed by atoms with Crippen LogP contribution in [0.4, 0.5) is 0 Å². The molecule has 0 amide bonds. The summed E-state index contributed by atoms with van der Waals surface area (Å²) >= 11 is 0. The zero-order valence-electron chi connectivity index (χ0n) is 12.1. The lowest BCUT2D eigenvalue weighted by atomic mass is 10.1. The van der Waals surface area contributed by atoms with Crippen LogP contribution in [0.1, 0.15) is 22.3 Å². The fourth-order valence-corrected chi connectivity index (χ4v) is 1.99. The molecule has 2 rings (SSSR count). The zero-order valence-corrected chi connectivity index (χ0v) is 12.1. The third-order valence-corrected chi connectivity index (χ3v) is 3.26. The molecule has 0 nitrogen and oxygen atoms in total. The van der Waals surface area contributed by atoms with E-state index in [1.807, 2.05) is 0 Å². The first kappa shape index (κ1) is 14.1. The molecule has 0 heterocycles. The summed E-state index contributed by atoms with van der Waals surface area (Å²) < 4.78 is 0. The van der Waals surface area contributed by atoms with Gasteiger partial charge in [-0.2, -0.15) is 0 Å². The molecular weight excluding hydrogens is 240 g/mol. The molecule has 0 atom stereocenters. The normalized spacial score (nSPS) is 11.9. The lowest BCUT2D eigenvalue weighted by molar-refractivity contribution is 1.44. The van der Waals surface area contributed by atoms with Crippen molar-refractivity contribution in [3.05, 3.63) is 95.1 Å². The maximum Gasteiger partial charge on any atom is -0.0227 e. The molecule has 0 unspecified atom stereocenters. The largest absolute Gasteiger partial charge is 0.0622 e. The molecule has 0 aliphatic rings. The van der Waals surface area contributed by atoms with Gasteiger partial charge in [-0.1, -0.05) is 85.0 Å². The van der Waals surface area contributed by atoms with Crippen molar-refractivity contribution in [1.82, 2.24) is 0 Å². The van der Waals surface area contributed by atoms with E-state index in [4.69, 9.17) is 0 Å². The maximum atomic E-state index is 2.13. The highest BCUT2D eigenvalue weighted by Gasteiger charge is 1.89. The summed E-state index contributed by atoms with van der Waals surface area (Å²) in [5.74, 6) is 0. The molecule has 0 heteroatoms. The standard InChI is InChI=1S/C20H20/c1-17-11-7-9-15-19(17)13-5-3-4-6-14-20-16-10-8-12-18(20)2/h3-16H,1-2H3. The van der Waals surface area contributed by atoms with Crippen LogP contribution in [0.15, 0.2) is 72.8 Å². The minimum absolute atomic E-state index is 1.26. The van der Waals surface area contributed by atoms with Crippen LogP contribution in [-0.4, -0.2) is 0 Å². The van der Waals surface area contributed by atoms with Crippen molar-refractivity contribution in [2.45, 2.75) is 13.8 Å². The highest BCUT2D eigenvalue weighted by Crippen LogP contribution is 2.10. The summed E-state index contributed by atoms with van der Waals surface area (Å²) in [6, 6.07) is 16.8. The molecule has 0 aliphatic carbocycles. The van der Waals surface area contributed by atoms with E-state index in [9.17, 15) is 0 Å². The van der Waals surface area contributed by atoms with Crippen molar-refractivity contribution in [3.63, 3.8) is 0 Å². The Labute approximate surface area is 121 Å². The molecule has 0 spiro atoms. The molecular formula is C20H20. The Morgan fingerprint density at radius 3 is 1.35 bits per heavy atom. The summed E-state index contributed by atoms with van der Waals surface area (Å²) in [5.41, 5.74) is 5.13. The van der Waals surface area contributed by atoms with Gasteiger partial charge in [0, 0.05) is 0 Å². The van der Waals surface area contributed by atoms with Gasteiger partial charge in [0.2, 0.25) is 0 Å². The number of aryl methyl sites for hydroxylation is 2. The number of hydrogen-bond donors (Lipinski definition) is 0. The van der Waals surface area contributed by atoms with Gasteiger partial charge in [0.25, 0.3) is 0 Å². The van der Waals surface area contributed by atoms with Crippen LogP contribution in [0.2, 0.25) is 0 Å². The van der Waals surface area contributed by atoms with Gasteiger partial charge in [-0.05, 0) is 36.1 Å². The third kappa shape index (κ3) is 4.10. The Kier molecular flexibility index (Phi) is 5.14. The van der Waals surface area contributed by atoms with Crippen LogP contribution in [0.25, 0.3) is 12.2 Å². The van der Waals surface area contributed by atoms with Crippen molar-refractivity contribution in [1.29, 1.82) is 0 Å². The van der Waals surface area contributed by atoms with Gasteiger partial charge in [-0.25, -0.2) is 0 Å². The van der Waals surface area contributed by atoms with E-state index >= 15 is 0 Å². The van der Waals surface area contributed by atoms with Crippen molar-refractivity contribution >= 4 is 12.2 Å². The van der Waals surface area contributed by atoms with Crippen LogP contribution in [-0.2, 0) is 0 Å². The molecule has 20 heavy (non-hydrogen) atoms. The minimum Gasteiger partial charge on any atom is -0.0622 e. The van der Waals surface area contributed by atoms with Crippen LogP contribution >= 0.6 is 0 Å². The lowest BCUT2D eigenvalue weighted by Gasteiger charge is -1.97. The Hall–Kier alpha value is -2.34. The Bertz CT molecular complexity index is 585. The summed E-state index contributed by atoms with van der Waals surface area (Å²) in [6.45, 7) is 4.25. The van der Waals surface area contributed by atoms with E-state index in [0.717, 1.165) is 0 Å². The lowest BCUT2D eigenvalue weighted by Crippen LogP contribution is -1.77. The van der Waals surface area contributed by atoms with Crippen LogP contribution in [0, 0.1) is 13.8 Å². The predicted octanol–water partition coefficient (Wildman–Crippen LogP) is 5.59. The number of allylic oxidation sites excluding steroid dienone is 4. The average molecular weight is 260 g/mol. The first-order valence-electron chi connectivity index (χ1n) is 6.90. The zero-order chi connectivity index (χ0) is 14.2. The molecule has 0 bridgehead atoms. The minimum atomic E-state index is 1.26. The first-order chi connectivity index (χ1) is 9.77. The van der Waals surface area contributed by atoms with Gasteiger partial charge in [0.15, 0.2) is 0 Å². The summed E-state index contributed by atoms with van der Waals surface area (Å²) in [4.78, 5) is 0. The Morgan fingerprint density at radius 1 is 0.550 bits per heavy atom. The van der Waals surface area contributed by atoms with Gasteiger partial charge in [-0.3, -0.25) is 0 Å². The Morgan fingerprint density at radius 2 is 0.950 bits per heavy atom. The van der Waals surface area contributed by atoms with Gasteiger partial charge < -0.3 is 0 Å². The van der Waals surface area contributed by atoms with E-state index < -0.39 is 0 Å². The van der Waals surface area contributed by atoms with Gasteiger partial charge in [0.1, 0.15) is 0 Å². The SMILES string of the molecule is Cc1ccccc1C=CC=CC=Cc1ccccc1C. The molecule has 100 valence electrons. The molecule has 0 aromatic heterocycles. The summed E-state index contributed by atoms with van der Waals surface area (Å²) in [5, 5.41) is 0. The summed E-state index contributed by atoms with van der Waals surface area (Å²) in [7, 11) is 0. The maximum absolute atomic E-state index is 2.13. The van der Waals surface area contributed by atoms with Crippen molar-refractivity contribution in [2.24, 2.45) is 0 Å². The van der Waals surface area contributed by atoms with Crippen molar-refractivity contribution in [2.75, 3.05) is 0 Å². The molecule has 0 fully saturated rings. The fourth-order valence-electron chi connectivity index (χ4n) is 1.99. The first-order valence-corrected chi connectivity index (χ1v) is 6.90. The number of hydrogen-bond acceptors (Lipinski definition) is 0. The van der Waals surface area contributed by atoms with Gasteiger partial charge >= 0.3 is 0 Å². The molecule has 0 saturated carbocycles. The second-order valence-corrected chi connectivity index (χ2v) is 4.82. The van der Waals surface area contributed by atoms with Gasteiger partial charge in [-0.15, -0.1) is 0 Å². The average Bonchev–Trinajstić information content (AvgIpc) is 2.46. The molecule has 0 saturated heterocycles. The van der Waals surface area contributed by atoms with E-state index in [1.165, 1.54) is 22.3 Å². The topological polar surface area (TPSA) is 0 Å². The molecule has 0 radical (unpaired) electrons. The van der Waals surface area contributed by atoms with E-state index in [0.29, 0.717) is 0 Å². The van der Waals surface area contributed by atoms with E-state index in [1.54, 1.807) is 0 Å². The highest BCUT2D eigenvalue weighted by atomic mass is 13.9. The second-order valence-electron chi connectivity index (χ2n) is 4.82. The predicted molar refractivity (Wildman–Crippen MR) is 89.6 cm³/mol. The Balaban J connectivity index is 1.95. The van der Waals surface area contributed by atoms with Crippen LogP contribution < -0.4 is 0 Å². The van der Waals surface area contributed by atoms with Crippen LogP contribution in [0.3, 0.4) is 0 Å². The molecule has 2 aromatic carbocycles. The quantitative estimate of drug-likeness (QED) is 0.629. The number of rotatable bonds is 4. The number of benzene rings is 2. The van der Waals surface area contributed by atoms with Crippen molar-refractivity contribution in [3.8, 4) is 0 Å². The van der Waals surface area contributed by atoms with Crippen LogP contribution in [0.5, 0.6) is 0 Å². The van der Waals surface area contributed by atoms with Gasteiger partial charge in [0.05, 0.1) is 0 Å². The monoisotopic (exact) mass is 260 g/mol. The highest BCUT2D eigenvalue weighted by molar-refractivity contribution is 5.57.